The molecule has 2 heterocycles. The van der Waals surface area contributed by atoms with Gasteiger partial charge in [-0.25, -0.2) is 0 Å². The average molecular weight is 299 g/mol. The zero-order valence-electron chi connectivity index (χ0n) is 12.8. The van der Waals surface area contributed by atoms with Gasteiger partial charge in [0.1, 0.15) is 6.04 Å². The Morgan fingerprint density at radius 1 is 1.23 bits per heavy atom. The Labute approximate surface area is 130 Å². The summed E-state index contributed by atoms with van der Waals surface area (Å²) in [5, 5.41) is 5.73. The van der Waals surface area contributed by atoms with Crippen molar-refractivity contribution in [1.29, 1.82) is 0 Å². The molecule has 22 heavy (non-hydrogen) atoms. The van der Waals surface area contributed by atoms with Gasteiger partial charge in [-0.05, 0) is 42.7 Å². The van der Waals surface area contributed by atoms with Crippen LogP contribution in [0.1, 0.15) is 24.8 Å². The van der Waals surface area contributed by atoms with E-state index in [1.165, 1.54) is 11.1 Å². The SMILES string of the molecule is CN(c1cccc(C2=CCNCC2)c1)C1CCC(=O)NC1=O. The largest absolute Gasteiger partial charge is 0.363 e. The number of likely N-dealkylation sites (N-methyl/N-ethyl adjacent to an activating group) is 1. The van der Waals surface area contributed by atoms with E-state index in [0.29, 0.717) is 12.8 Å². The van der Waals surface area contributed by atoms with Crippen LogP contribution in [-0.4, -0.2) is 38.0 Å². The number of hydrogen-bond acceptors (Lipinski definition) is 4. The normalized spacial score (nSPS) is 22.0. The summed E-state index contributed by atoms with van der Waals surface area (Å²) in [6.45, 7) is 1.90. The van der Waals surface area contributed by atoms with Crippen molar-refractivity contribution in [2.45, 2.75) is 25.3 Å². The molecule has 0 bridgehead atoms. The van der Waals surface area contributed by atoms with Crippen molar-refractivity contribution in [3.63, 3.8) is 0 Å². The van der Waals surface area contributed by atoms with Gasteiger partial charge >= 0.3 is 0 Å². The summed E-state index contributed by atoms with van der Waals surface area (Å²) in [5.41, 5.74) is 3.56. The molecule has 2 aliphatic heterocycles. The number of nitrogens with one attached hydrogen (secondary N) is 2. The maximum Gasteiger partial charge on any atom is 0.249 e. The van der Waals surface area contributed by atoms with Crippen LogP contribution < -0.4 is 15.5 Å². The van der Waals surface area contributed by atoms with Crippen LogP contribution in [0.25, 0.3) is 5.57 Å². The first-order valence-electron chi connectivity index (χ1n) is 7.72. The van der Waals surface area contributed by atoms with E-state index in [1.54, 1.807) is 0 Å². The number of nitrogens with zero attached hydrogens (tertiary/aromatic N) is 1. The number of carbonyl (C=O) groups is 2. The number of hydrogen-bond donors (Lipinski definition) is 2. The first kappa shape index (κ1) is 14.8. The summed E-state index contributed by atoms with van der Waals surface area (Å²) in [4.78, 5) is 25.3. The molecule has 3 rings (SSSR count). The molecular weight excluding hydrogens is 278 g/mol. The summed E-state index contributed by atoms with van der Waals surface area (Å²) in [5.74, 6) is -0.381. The molecule has 2 N–H and O–H groups in total. The number of amides is 2. The zero-order valence-corrected chi connectivity index (χ0v) is 12.8. The first-order chi connectivity index (χ1) is 10.6. The summed E-state index contributed by atoms with van der Waals surface area (Å²) >= 11 is 0. The lowest BCUT2D eigenvalue weighted by atomic mass is 9.98. The van der Waals surface area contributed by atoms with E-state index in [2.05, 4.69) is 28.8 Å². The van der Waals surface area contributed by atoms with E-state index < -0.39 is 0 Å². The number of benzene rings is 1. The lowest BCUT2D eigenvalue weighted by molar-refractivity contribution is -0.134. The molecule has 1 saturated heterocycles. The van der Waals surface area contributed by atoms with Crippen molar-refractivity contribution < 1.29 is 9.59 Å². The summed E-state index contributed by atoms with van der Waals surface area (Å²) in [7, 11) is 1.91. The molecular formula is C17H21N3O2. The highest BCUT2D eigenvalue weighted by Gasteiger charge is 2.30. The van der Waals surface area contributed by atoms with Crippen molar-refractivity contribution in [3.8, 4) is 0 Å². The Morgan fingerprint density at radius 3 is 2.82 bits per heavy atom. The third kappa shape index (κ3) is 3.04. The molecule has 5 heteroatoms. The molecule has 0 radical (unpaired) electrons. The van der Waals surface area contributed by atoms with Gasteiger partial charge in [0.05, 0.1) is 0 Å². The number of rotatable bonds is 3. The molecule has 2 aliphatic rings. The van der Waals surface area contributed by atoms with Crippen LogP contribution >= 0.6 is 0 Å². The van der Waals surface area contributed by atoms with Crippen LogP contribution in [0.15, 0.2) is 30.3 Å². The topological polar surface area (TPSA) is 61.4 Å². The van der Waals surface area contributed by atoms with Crippen LogP contribution in [0.2, 0.25) is 0 Å². The van der Waals surface area contributed by atoms with Crippen LogP contribution in [0.3, 0.4) is 0 Å². The van der Waals surface area contributed by atoms with Gasteiger partial charge in [0.2, 0.25) is 11.8 Å². The summed E-state index contributed by atoms with van der Waals surface area (Å²) in [6, 6.07) is 7.99. The van der Waals surface area contributed by atoms with Gasteiger partial charge in [-0.1, -0.05) is 18.2 Å². The van der Waals surface area contributed by atoms with Crippen molar-refractivity contribution in [2.24, 2.45) is 0 Å². The van der Waals surface area contributed by atoms with Crippen LogP contribution in [0, 0.1) is 0 Å². The molecule has 1 fully saturated rings. The minimum absolute atomic E-state index is 0.178. The molecule has 0 spiro atoms. The van der Waals surface area contributed by atoms with Gasteiger partial charge in [0.25, 0.3) is 0 Å². The third-order valence-corrected chi connectivity index (χ3v) is 4.37. The molecule has 0 saturated carbocycles. The van der Waals surface area contributed by atoms with Crippen molar-refractivity contribution in [1.82, 2.24) is 10.6 Å². The average Bonchev–Trinajstić information content (AvgIpc) is 2.55. The van der Waals surface area contributed by atoms with E-state index in [9.17, 15) is 9.59 Å². The predicted molar refractivity (Wildman–Crippen MR) is 86.5 cm³/mol. The number of piperidine rings is 1. The third-order valence-electron chi connectivity index (χ3n) is 4.37. The van der Waals surface area contributed by atoms with E-state index in [4.69, 9.17) is 0 Å². The summed E-state index contributed by atoms with van der Waals surface area (Å²) < 4.78 is 0. The van der Waals surface area contributed by atoms with E-state index >= 15 is 0 Å². The Balaban J connectivity index is 1.81. The van der Waals surface area contributed by atoms with Crippen LogP contribution in [-0.2, 0) is 9.59 Å². The molecule has 1 aromatic rings. The monoisotopic (exact) mass is 299 g/mol. The molecule has 5 nitrogen and oxygen atoms in total. The Kier molecular flexibility index (Phi) is 4.24. The fraction of sp³-hybridized carbons (Fsp3) is 0.412. The van der Waals surface area contributed by atoms with Crippen molar-refractivity contribution >= 4 is 23.1 Å². The number of anilines is 1. The van der Waals surface area contributed by atoms with Gasteiger partial charge < -0.3 is 10.2 Å². The molecule has 0 aromatic heterocycles. The molecule has 2 amide bonds. The fourth-order valence-corrected chi connectivity index (χ4v) is 3.04. The van der Waals surface area contributed by atoms with Crippen molar-refractivity contribution in [2.75, 3.05) is 25.0 Å². The van der Waals surface area contributed by atoms with Gasteiger partial charge in [-0.3, -0.25) is 14.9 Å². The van der Waals surface area contributed by atoms with Gasteiger partial charge in [0.15, 0.2) is 0 Å². The highest BCUT2D eigenvalue weighted by atomic mass is 16.2. The lowest BCUT2D eigenvalue weighted by Crippen LogP contribution is -2.51. The maximum absolute atomic E-state index is 12.0. The molecule has 116 valence electrons. The molecule has 1 atom stereocenters. The highest BCUT2D eigenvalue weighted by molar-refractivity contribution is 6.01. The second kappa shape index (κ2) is 6.32. The Morgan fingerprint density at radius 2 is 2.09 bits per heavy atom. The highest BCUT2D eigenvalue weighted by Crippen LogP contribution is 2.26. The Hall–Kier alpha value is -2.14. The fourth-order valence-electron chi connectivity index (χ4n) is 3.04. The molecule has 1 unspecified atom stereocenters. The summed E-state index contributed by atoms with van der Waals surface area (Å²) in [6.07, 6.45) is 4.20. The number of carbonyl (C=O) groups excluding carboxylic acids is 2. The molecule has 1 aromatic carbocycles. The molecule has 0 aliphatic carbocycles. The smallest absolute Gasteiger partial charge is 0.249 e. The Bertz CT molecular complexity index is 624. The van der Waals surface area contributed by atoms with Gasteiger partial charge in [0, 0.05) is 25.7 Å². The zero-order chi connectivity index (χ0) is 15.5. The van der Waals surface area contributed by atoms with E-state index in [1.807, 2.05) is 24.1 Å². The van der Waals surface area contributed by atoms with Crippen LogP contribution in [0.5, 0.6) is 0 Å². The minimum atomic E-state index is -0.282. The maximum atomic E-state index is 12.0. The van der Waals surface area contributed by atoms with E-state index in [-0.39, 0.29) is 17.9 Å². The second-order valence-corrected chi connectivity index (χ2v) is 5.81. The predicted octanol–water partition coefficient (Wildman–Crippen LogP) is 1.30. The lowest BCUT2D eigenvalue weighted by Gasteiger charge is -2.31. The quantitative estimate of drug-likeness (QED) is 0.826. The van der Waals surface area contributed by atoms with Crippen molar-refractivity contribution in [3.05, 3.63) is 35.9 Å². The first-order valence-corrected chi connectivity index (χ1v) is 7.72. The standard InChI is InChI=1S/C17H21N3O2/c1-20(15-5-6-16(21)19-17(15)22)14-4-2-3-13(11-14)12-7-9-18-10-8-12/h2-4,7,11,15,18H,5-6,8-10H2,1H3,(H,19,21,22). The minimum Gasteiger partial charge on any atom is -0.363 e. The van der Waals surface area contributed by atoms with Gasteiger partial charge in [-0.15, -0.1) is 0 Å². The van der Waals surface area contributed by atoms with E-state index in [0.717, 1.165) is 25.2 Å². The van der Waals surface area contributed by atoms with Gasteiger partial charge in [-0.2, -0.15) is 0 Å². The second-order valence-electron chi connectivity index (χ2n) is 5.81. The number of imide groups is 1. The van der Waals surface area contributed by atoms with Crippen LogP contribution in [0.4, 0.5) is 5.69 Å².